The fraction of sp³-hybridized carbons (Fsp3) is 0.524. The highest BCUT2D eigenvalue weighted by molar-refractivity contribution is 5.89. The zero-order valence-corrected chi connectivity index (χ0v) is 15.6. The molecule has 3 heterocycles. The van der Waals surface area contributed by atoms with E-state index in [9.17, 15) is 9.59 Å². The molecule has 2 bridgehead atoms. The predicted molar refractivity (Wildman–Crippen MR) is 104 cm³/mol. The normalized spacial score (nSPS) is 27.0. The van der Waals surface area contributed by atoms with Crippen LogP contribution in [0.25, 0.3) is 0 Å². The van der Waals surface area contributed by atoms with Crippen LogP contribution in [0.5, 0.6) is 5.75 Å². The number of anilines is 1. The molecule has 4 rings (SSSR count). The summed E-state index contributed by atoms with van der Waals surface area (Å²) < 4.78 is 5.53. The number of piperidine rings is 3. The van der Waals surface area contributed by atoms with Gasteiger partial charge in [-0.15, -0.1) is 0 Å². The van der Waals surface area contributed by atoms with Crippen molar-refractivity contribution >= 4 is 17.6 Å². The van der Waals surface area contributed by atoms with Crippen molar-refractivity contribution in [1.82, 2.24) is 9.80 Å². The van der Waals surface area contributed by atoms with Crippen molar-refractivity contribution in [2.24, 2.45) is 11.8 Å². The monoisotopic (exact) mass is 369 g/mol. The maximum atomic E-state index is 12.8. The molecule has 3 saturated heterocycles. The van der Waals surface area contributed by atoms with Gasteiger partial charge in [0.25, 0.3) is 0 Å². The minimum absolute atomic E-state index is 0.0684. The van der Waals surface area contributed by atoms with Crippen LogP contribution in [0.1, 0.15) is 25.7 Å². The van der Waals surface area contributed by atoms with E-state index in [1.807, 2.05) is 29.2 Å². The number of hydrogen-bond acceptors (Lipinski definition) is 3. The number of likely N-dealkylation sites (tertiary alicyclic amines) is 1. The molecule has 0 unspecified atom stereocenters. The third kappa shape index (κ3) is 3.80. The van der Waals surface area contributed by atoms with Crippen LogP contribution >= 0.6 is 0 Å². The Bertz CT molecular complexity index is 735. The second-order valence-corrected chi connectivity index (χ2v) is 7.83. The molecule has 3 amide bonds. The molecule has 1 aromatic rings. The number of nitrogens with zero attached hydrogens (tertiary/aromatic N) is 2. The van der Waals surface area contributed by atoms with Gasteiger partial charge in [-0.1, -0.05) is 18.7 Å². The van der Waals surface area contributed by atoms with Crippen LogP contribution in [0, 0.1) is 11.8 Å². The molecule has 6 heteroatoms. The molecule has 0 radical (unpaired) electrons. The van der Waals surface area contributed by atoms with E-state index in [-0.39, 0.29) is 6.03 Å². The predicted octanol–water partition coefficient (Wildman–Crippen LogP) is 3.12. The number of nitrogens with one attached hydrogen (secondary N) is 1. The summed E-state index contributed by atoms with van der Waals surface area (Å²) >= 11 is 0. The van der Waals surface area contributed by atoms with E-state index in [4.69, 9.17) is 4.74 Å². The van der Waals surface area contributed by atoms with E-state index in [0.29, 0.717) is 49.1 Å². The van der Waals surface area contributed by atoms with Gasteiger partial charge in [0.05, 0.1) is 0 Å². The lowest BCUT2D eigenvalue weighted by atomic mass is 9.76. The van der Waals surface area contributed by atoms with Gasteiger partial charge in [0.1, 0.15) is 12.4 Å². The molecule has 1 N–H and O–H groups in total. The maximum absolute atomic E-state index is 12.8. The Morgan fingerprint density at radius 3 is 3.07 bits per heavy atom. The molecule has 3 atom stereocenters. The quantitative estimate of drug-likeness (QED) is 0.830. The number of ether oxygens (including phenoxy) is 1. The summed E-state index contributed by atoms with van der Waals surface area (Å²) in [7, 11) is 0. The van der Waals surface area contributed by atoms with Gasteiger partial charge in [-0.05, 0) is 43.2 Å². The van der Waals surface area contributed by atoms with Gasteiger partial charge in [-0.2, -0.15) is 0 Å². The SMILES string of the molecule is C=CCOc1cccc(NC(=O)N2C[C@H]3C[C@@H](C2)[C@@H]2CCCC(=O)N2C3)c1. The first-order valence-corrected chi connectivity index (χ1v) is 9.83. The molecular weight excluding hydrogens is 342 g/mol. The fourth-order valence-electron chi connectivity index (χ4n) is 4.80. The summed E-state index contributed by atoms with van der Waals surface area (Å²) in [4.78, 5) is 29.1. The summed E-state index contributed by atoms with van der Waals surface area (Å²) in [5, 5.41) is 3.00. The Kier molecular flexibility index (Phi) is 5.05. The molecule has 27 heavy (non-hydrogen) atoms. The van der Waals surface area contributed by atoms with Crippen molar-refractivity contribution in [3.63, 3.8) is 0 Å². The average molecular weight is 369 g/mol. The lowest BCUT2D eigenvalue weighted by molar-refractivity contribution is -0.144. The van der Waals surface area contributed by atoms with Crippen molar-refractivity contribution in [2.45, 2.75) is 31.7 Å². The number of fused-ring (bicyclic) bond motifs is 4. The molecule has 3 aliphatic rings. The first-order valence-electron chi connectivity index (χ1n) is 9.83. The third-order valence-corrected chi connectivity index (χ3v) is 5.92. The molecule has 0 aliphatic carbocycles. The summed E-state index contributed by atoms with van der Waals surface area (Å²) in [5.41, 5.74) is 0.728. The molecule has 3 fully saturated rings. The molecular formula is C21H27N3O3. The van der Waals surface area contributed by atoms with Gasteiger partial charge in [-0.3, -0.25) is 4.79 Å². The highest BCUT2D eigenvalue weighted by atomic mass is 16.5. The number of hydrogen-bond donors (Lipinski definition) is 1. The lowest BCUT2D eigenvalue weighted by Gasteiger charge is -2.52. The maximum Gasteiger partial charge on any atom is 0.321 e. The van der Waals surface area contributed by atoms with Crippen LogP contribution < -0.4 is 10.1 Å². The molecule has 6 nitrogen and oxygen atoms in total. The lowest BCUT2D eigenvalue weighted by Crippen LogP contribution is -2.61. The van der Waals surface area contributed by atoms with E-state index >= 15 is 0 Å². The standard InChI is InChI=1S/C21H27N3O3/c1-2-9-27-18-6-3-5-17(11-18)22-21(26)23-12-15-10-16(14-23)19-7-4-8-20(25)24(19)13-15/h2-3,5-6,11,15-16,19H,1,4,7-10,12-14H2,(H,22,26)/t15-,16+,19+/m1/s1. The smallest absolute Gasteiger partial charge is 0.321 e. The van der Waals surface area contributed by atoms with E-state index < -0.39 is 0 Å². The number of amides is 3. The van der Waals surface area contributed by atoms with Crippen molar-refractivity contribution in [3.8, 4) is 5.75 Å². The summed E-state index contributed by atoms with van der Waals surface area (Å²) in [6.45, 7) is 6.32. The van der Waals surface area contributed by atoms with Crippen molar-refractivity contribution in [1.29, 1.82) is 0 Å². The second-order valence-electron chi connectivity index (χ2n) is 7.83. The van der Waals surface area contributed by atoms with Crippen molar-refractivity contribution < 1.29 is 14.3 Å². The zero-order chi connectivity index (χ0) is 18.8. The Morgan fingerprint density at radius 1 is 1.33 bits per heavy atom. The van der Waals surface area contributed by atoms with Gasteiger partial charge in [0.2, 0.25) is 5.91 Å². The molecule has 144 valence electrons. The van der Waals surface area contributed by atoms with E-state index in [2.05, 4.69) is 16.8 Å². The average Bonchev–Trinajstić information content (AvgIpc) is 2.67. The number of benzene rings is 1. The van der Waals surface area contributed by atoms with E-state index in [1.165, 1.54) is 0 Å². The van der Waals surface area contributed by atoms with Crippen LogP contribution in [0.3, 0.4) is 0 Å². The highest BCUT2D eigenvalue weighted by Gasteiger charge is 2.44. The van der Waals surface area contributed by atoms with Crippen molar-refractivity contribution in [2.75, 3.05) is 31.6 Å². The summed E-state index contributed by atoms with van der Waals surface area (Å²) in [6.07, 6.45) is 5.55. The Morgan fingerprint density at radius 2 is 2.22 bits per heavy atom. The van der Waals surface area contributed by atoms with Crippen LogP contribution in [0.4, 0.5) is 10.5 Å². The number of rotatable bonds is 4. The minimum Gasteiger partial charge on any atom is -0.489 e. The molecule has 3 aliphatic heterocycles. The second kappa shape index (κ2) is 7.62. The first kappa shape index (κ1) is 17.9. The molecule has 0 spiro atoms. The van der Waals surface area contributed by atoms with Gasteiger partial charge < -0.3 is 19.9 Å². The van der Waals surface area contributed by atoms with Gasteiger partial charge in [0, 0.05) is 43.9 Å². The van der Waals surface area contributed by atoms with Crippen LogP contribution in [0.15, 0.2) is 36.9 Å². The Balaban J connectivity index is 1.40. The fourth-order valence-corrected chi connectivity index (χ4v) is 4.80. The number of urea groups is 1. The largest absolute Gasteiger partial charge is 0.489 e. The van der Waals surface area contributed by atoms with E-state index in [0.717, 1.165) is 38.0 Å². The molecule has 0 aromatic heterocycles. The highest BCUT2D eigenvalue weighted by Crippen LogP contribution is 2.38. The first-order chi connectivity index (χ1) is 13.1. The van der Waals surface area contributed by atoms with Crippen LogP contribution in [0.2, 0.25) is 0 Å². The summed E-state index contributed by atoms with van der Waals surface area (Å²) in [5.74, 6) is 1.79. The topological polar surface area (TPSA) is 61.9 Å². The van der Waals surface area contributed by atoms with Gasteiger partial charge in [-0.25, -0.2) is 4.79 Å². The Labute approximate surface area is 160 Å². The molecule has 1 aromatic carbocycles. The van der Waals surface area contributed by atoms with E-state index in [1.54, 1.807) is 6.08 Å². The molecule has 0 saturated carbocycles. The van der Waals surface area contributed by atoms with Crippen molar-refractivity contribution in [3.05, 3.63) is 36.9 Å². The zero-order valence-electron chi connectivity index (χ0n) is 15.6. The number of carbonyl (C=O) groups excluding carboxylic acids is 2. The van der Waals surface area contributed by atoms with Gasteiger partial charge >= 0.3 is 6.03 Å². The van der Waals surface area contributed by atoms with Crippen LogP contribution in [-0.4, -0.2) is 54.0 Å². The third-order valence-electron chi connectivity index (χ3n) is 5.92. The minimum atomic E-state index is -0.0684. The Hall–Kier alpha value is -2.50. The summed E-state index contributed by atoms with van der Waals surface area (Å²) in [6, 6.07) is 7.66. The van der Waals surface area contributed by atoms with Gasteiger partial charge in [0.15, 0.2) is 0 Å². The van der Waals surface area contributed by atoms with Crippen LogP contribution in [-0.2, 0) is 4.79 Å². The number of carbonyl (C=O) groups is 2.